The molecule has 0 spiro atoms. The SMILES string of the molecule is Cc1cc(C(=O)N2CCC(O)(Cc3ccccc3)CC2)ccc1N. The standard InChI is InChI=1S/C20H24N2O2/c1-15-13-17(7-8-18(15)21)19(23)22-11-9-20(24,10-12-22)14-16-5-3-2-4-6-16/h2-8,13,24H,9-12,14,21H2,1H3. The smallest absolute Gasteiger partial charge is 0.253 e. The molecule has 1 amide bonds. The summed E-state index contributed by atoms with van der Waals surface area (Å²) in [5.41, 5.74) is 8.50. The van der Waals surface area contributed by atoms with Gasteiger partial charge in [-0.2, -0.15) is 0 Å². The number of hydrogen-bond donors (Lipinski definition) is 2. The van der Waals surface area contributed by atoms with Gasteiger partial charge in [0.15, 0.2) is 0 Å². The van der Waals surface area contributed by atoms with Crippen LogP contribution in [0.15, 0.2) is 48.5 Å². The van der Waals surface area contributed by atoms with E-state index in [2.05, 4.69) is 0 Å². The van der Waals surface area contributed by atoms with E-state index in [9.17, 15) is 9.90 Å². The van der Waals surface area contributed by atoms with Crippen LogP contribution < -0.4 is 5.73 Å². The summed E-state index contributed by atoms with van der Waals surface area (Å²) >= 11 is 0. The molecular weight excluding hydrogens is 300 g/mol. The molecule has 0 unspecified atom stereocenters. The molecule has 24 heavy (non-hydrogen) atoms. The highest BCUT2D eigenvalue weighted by Crippen LogP contribution is 2.27. The molecule has 2 aromatic carbocycles. The predicted molar refractivity (Wildman–Crippen MR) is 95.8 cm³/mol. The molecule has 1 saturated heterocycles. The van der Waals surface area contributed by atoms with Crippen LogP contribution in [0, 0.1) is 6.92 Å². The number of aryl methyl sites for hydroxylation is 1. The lowest BCUT2D eigenvalue weighted by molar-refractivity contribution is -0.0162. The van der Waals surface area contributed by atoms with Crippen molar-refractivity contribution in [3.05, 3.63) is 65.2 Å². The predicted octanol–water partition coefficient (Wildman–Crippen LogP) is 2.79. The summed E-state index contributed by atoms with van der Waals surface area (Å²) in [7, 11) is 0. The van der Waals surface area contributed by atoms with Crippen LogP contribution in [-0.2, 0) is 6.42 Å². The molecule has 0 radical (unpaired) electrons. The van der Waals surface area contributed by atoms with Gasteiger partial charge in [-0.25, -0.2) is 0 Å². The number of piperidine rings is 1. The van der Waals surface area contributed by atoms with Crippen LogP contribution in [0.5, 0.6) is 0 Å². The molecule has 3 rings (SSSR count). The van der Waals surface area contributed by atoms with Crippen LogP contribution in [0.4, 0.5) is 5.69 Å². The van der Waals surface area contributed by atoms with Gasteiger partial charge in [0, 0.05) is 30.8 Å². The maximum Gasteiger partial charge on any atom is 0.253 e. The summed E-state index contributed by atoms with van der Waals surface area (Å²) in [5.74, 6) is 0.0138. The third-order valence-electron chi connectivity index (χ3n) is 4.87. The van der Waals surface area contributed by atoms with Crippen molar-refractivity contribution in [2.24, 2.45) is 0 Å². The van der Waals surface area contributed by atoms with Crippen molar-refractivity contribution in [2.45, 2.75) is 31.8 Å². The highest BCUT2D eigenvalue weighted by Gasteiger charge is 2.34. The Kier molecular flexibility index (Phi) is 4.58. The van der Waals surface area contributed by atoms with E-state index in [0.717, 1.165) is 11.1 Å². The molecule has 0 aromatic heterocycles. The monoisotopic (exact) mass is 324 g/mol. The average Bonchev–Trinajstić information content (AvgIpc) is 2.58. The number of likely N-dealkylation sites (tertiary alicyclic amines) is 1. The summed E-state index contributed by atoms with van der Waals surface area (Å²) in [6.07, 6.45) is 1.83. The molecule has 0 saturated carbocycles. The third-order valence-corrected chi connectivity index (χ3v) is 4.87. The van der Waals surface area contributed by atoms with Crippen LogP contribution in [0.25, 0.3) is 0 Å². The van der Waals surface area contributed by atoms with E-state index in [4.69, 9.17) is 5.73 Å². The van der Waals surface area contributed by atoms with E-state index in [0.29, 0.717) is 43.6 Å². The van der Waals surface area contributed by atoms with Crippen molar-refractivity contribution >= 4 is 11.6 Å². The van der Waals surface area contributed by atoms with Gasteiger partial charge in [0.2, 0.25) is 0 Å². The number of nitrogens with zero attached hydrogens (tertiary/aromatic N) is 1. The summed E-state index contributed by atoms with van der Waals surface area (Å²) < 4.78 is 0. The van der Waals surface area contributed by atoms with Gasteiger partial charge >= 0.3 is 0 Å². The van der Waals surface area contributed by atoms with Crippen molar-refractivity contribution < 1.29 is 9.90 Å². The van der Waals surface area contributed by atoms with E-state index in [1.54, 1.807) is 12.1 Å². The van der Waals surface area contributed by atoms with Gasteiger partial charge in [-0.3, -0.25) is 4.79 Å². The molecule has 126 valence electrons. The number of anilines is 1. The average molecular weight is 324 g/mol. The summed E-state index contributed by atoms with van der Waals surface area (Å²) in [6.45, 7) is 3.05. The Hall–Kier alpha value is -2.33. The number of nitrogen functional groups attached to an aromatic ring is 1. The lowest BCUT2D eigenvalue weighted by atomic mass is 9.85. The third kappa shape index (κ3) is 3.60. The second-order valence-electron chi connectivity index (χ2n) is 6.75. The van der Waals surface area contributed by atoms with E-state index < -0.39 is 5.60 Å². The molecule has 0 atom stereocenters. The maximum absolute atomic E-state index is 12.6. The summed E-state index contributed by atoms with van der Waals surface area (Å²) in [6, 6.07) is 15.4. The molecular formula is C20H24N2O2. The summed E-state index contributed by atoms with van der Waals surface area (Å²) in [4.78, 5) is 14.5. The van der Waals surface area contributed by atoms with Crippen LogP contribution in [0.1, 0.15) is 34.3 Å². The Bertz CT molecular complexity index is 720. The van der Waals surface area contributed by atoms with Gasteiger partial charge in [0.05, 0.1) is 5.60 Å². The van der Waals surface area contributed by atoms with Gasteiger partial charge in [-0.1, -0.05) is 30.3 Å². The molecule has 2 aromatic rings. The van der Waals surface area contributed by atoms with Gasteiger partial charge < -0.3 is 15.7 Å². The van der Waals surface area contributed by atoms with E-state index in [1.807, 2.05) is 48.2 Å². The first-order valence-corrected chi connectivity index (χ1v) is 8.39. The zero-order chi connectivity index (χ0) is 17.2. The van der Waals surface area contributed by atoms with Crippen LogP contribution >= 0.6 is 0 Å². The Morgan fingerprint density at radius 1 is 1.17 bits per heavy atom. The van der Waals surface area contributed by atoms with Crippen LogP contribution in [0.3, 0.4) is 0 Å². The van der Waals surface area contributed by atoms with Crippen LogP contribution in [0.2, 0.25) is 0 Å². The Balaban J connectivity index is 1.63. The molecule has 0 aliphatic carbocycles. The minimum Gasteiger partial charge on any atom is -0.399 e. The zero-order valence-electron chi connectivity index (χ0n) is 14.0. The molecule has 1 heterocycles. The van der Waals surface area contributed by atoms with Crippen molar-refractivity contribution in [3.8, 4) is 0 Å². The molecule has 1 aliphatic rings. The fourth-order valence-corrected chi connectivity index (χ4v) is 3.27. The van der Waals surface area contributed by atoms with Crippen molar-refractivity contribution in [1.29, 1.82) is 0 Å². The number of benzene rings is 2. The molecule has 0 bridgehead atoms. The maximum atomic E-state index is 12.6. The van der Waals surface area contributed by atoms with Crippen molar-refractivity contribution in [2.75, 3.05) is 18.8 Å². The number of nitrogens with two attached hydrogens (primary N) is 1. The Labute approximate surface area is 142 Å². The van der Waals surface area contributed by atoms with E-state index >= 15 is 0 Å². The quantitative estimate of drug-likeness (QED) is 0.853. The molecule has 1 aliphatic heterocycles. The fraction of sp³-hybridized carbons (Fsp3) is 0.350. The minimum atomic E-state index is -0.727. The topological polar surface area (TPSA) is 66.6 Å². The first-order valence-electron chi connectivity index (χ1n) is 8.39. The molecule has 1 fully saturated rings. The second kappa shape index (κ2) is 6.65. The van der Waals surface area contributed by atoms with E-state index in [1.165, 1.54) is 0 Å². The normalized spacial score (nSPS) is 16.8. The lowest BCUT2D eigenvalue weighted by Gasteiger charge is -2.38. The summed E-state index contributed by atoms with van der Waals surface area (Å²) in [5, 5.41) is 10.8. The number of carbonyl (C=O) groups is 1. The Morgan fingerprint density at radius 3 is 2.46 bits per heavy atom. The Morgan fingerprint density at radius 2 is 1.83 bits per heavy atom. The molecule has 4 heteroatoms. The number of rotatable bonds is 3. The first-order chi connectivity index (χ1) is 11.5. The molecule has 4 nitrogen and oxygen atoms in total. The van der Waals surface area contributed by atoms with Gasteiger partial charge in [-0.15, -0.1) is 0 Å². The van der Waals surface area contributed by atoms with E-state index in [-0.39, 0.29) is 5.91 Å². The number of amides is 1. The van der Waals surface area contributed by atoms with Gasteiger partial charge in [-0.05, 0) is 49.1 Å². The number of hydrogen-bond acceptors (Lipinski definition) is 3. The van der Waals surface area contributed by atoms with Crippen molar-refractivity contribution in [1.82, 2.24) is 4.90 Å². The number of aliphatic hydroxyl groups is 1. The highest BCUT2D eigenvalue weighted by atomic mass is 16.3. The number of carbonyl (C=O) groups excluding carboxylic acids is 1. The first kappa shape index (κ1) is 16.5. The second-order valence-corrected chi connectivity index (χ2v) is 6.75. The zero-order valence-corrected chi connectivity index (χ0v) is 14.0. The van der Waals surface area contributed by atoms with Gasteiger partial charge in [0.1, 0.15) is 0 Å². The van der Waals surface area contributed by atoms with Crippen LogP contribution in [-0.4, -0.2) is 34.6 Å². The largest absolute Gasteiger partial charge is 0.399 e. The highest BCUT2D eigenvalue weighted by molar-refractivity contribution is 5.95. The molecule has 3 N–H and O–H groups in total. The lowest BCUT2D eigenvalue weighted by Crippen LogP contribution is -2.47. The van der Waals surface area contributed by atoms with Crippen molar-refractivity contribution in [3.63, 3.8) is 0 Å². The minimum absolute atomic E-state index is 0.0138. The fourth-order valence-electron chi connectivity index (χ4n) is 3.27. The van der Waals surface area contributed by atoms with Gasteiger partial charge in [0.25, 0.3) is 5.91 Å².